The van der Waals surface area contributed by atoms with E-state index in [2.05, 4.69) is 7.05 Å². The molecule has 1 aromatic rings. The molecular weight excluding hydrogens is 276 g/mol. The number of rotatable bonds is 4. The summed E-state index contributed by atoms with van der Waals surface area (Å²) in [5.74, 6) is -0.331. The lowest BCUT2D eigenvalue weighted by atomic mass is 10.2. The number of carbonyl (C=O) groups excluding carboxylic acids is 1. The van der Waals surface area contributed by atoms with Crippen molar-refractivity contribution in [2.75, 3.05) is 39.8 Å². The molecule has 1 heterocycles. The van der Waals surface area contributed by atoms with Crippen LogP contribution >= 0.6 is 11.6 Å². The zero-order valence-electron chi connectivity index (χ0n) is 12.1. The number of nitrogens with one attached hydrogen (secondary N) is 2. The Kier molecular flexibility index (Phi) is 5.40. The first-order valence-electron chi connectivity index (χ1n) is 7.16. The van der Waals surface area contributed by atoms with Gasteiger partial charge in [0.2, 0.25) is 0 Å². The molecular formula is C15H23ClN2O2+2. The number of esters is 1. The number of hydrogen-bond acceptors (Lipinski definition) is 2. The molecule has 0 unspecified atom stereocenters. The quantitative estimate of drug-likeness (QED) is 0.721. The fourth-order valence-corrected chi connectivity index (χ4v) is 2.77. The Labute approximate surface area is 125 Å². The minimum absolute atomic E-state index is 0.0906. The lowest BCUT2D eigenvalue weighted by molar-refractivity contribution is -1.00. The van der Waals surface area contributed by atoms with Gasteiger partial charge in [-0.15, -0.1) is 0 Å². The predicted molar refractivity (Wildman–Crippen MR) is 78.5 cm³/mol. The maximum atomic E-state index is 12.0. The van der Waals surface area contributed by atoms with E-state index in [4.69, 9.17) is 16.3 Å². The van der Waals surface area contributed by atoms with Gasteiger partial charge >= 0.3 is 5.97 Å². The van der Waals surface area contributed by atoms with Crippen molar-refractivity contribution in [2.24, 2.45) is 0 Å². The molecule has 1 aliphatic heterocycles. The minimum atomic E-state index is -0.331. The number of carbonyl (C=O) groups is 1. The van der Waals surface area contributed by atoms with Gasteiger partial charge in [-0.1, -0.05) is 23.7 Å². The smallest absolute Gasteiger partial charge is 0.340 e. The zero-order chi connectivity index (χ0) is 14.5. The molecule has 2 N–H and O–H groups in total. The van der Waals surface area contributed by atoms with Gasteiger partial charge in [0.25, 0.3) is 0 Å². The van der Waals surface area contributed by atoms with Crippen LogP contribution in [0.2, 0.25) is 5.02 Å². The molecule has 1 atom stereocenters. The summed E-state index contributed by atoms with van der Waals surface area (Å²) in [6, 6.07) is 7.00. The number of ether oxygens (including phenoxy) is 1. The van der Waals surface area contributed by atoms with E-state index in [0.717, 1.165) is 19.6 Å². The van der Waals surface area contributed by atoms with Crippen LogP contribution in [-0.4, -0.2) is 51.8 Å². The van der Waals surface area contributed by atoms with E-state index in [9.17, 15) is 4.79 Å². The summed E-state index contributed by atoms with van der Waals surface area (Å²) in [7, 11) is 2.22. The first-order chi connectivity index (χ1) is 9.56. The Bertz CT molecular complexity index is 459. The molecule has 0 bridgehead atoms. The van der Waals surface area contributed by atoms with E-state index in [1.807, 2.05) is 6.92 Å². The summed E-state index contributed by atoms with van der Waals surface area (Å²) < 4.78 is 5.50. The van der Waals surface area contributed by atoms with Crippen molar-refractivity contribution < 1.29 is 19.3 Å². The van der Waals surface area contributed by atoms with Crippen molar-refractivity contribution in [1.29, 1.82) is 0 Å². The van der Waals surface area contributed by atoms with Gasteiger partial charge in [0.1, 0.15) is 38.8 Å². The van der Waals surface area contributed by atoms with Gasteiger partial charge in [-0.3, -0.25) is 0 Å². The maximum absolute atomic E-state index is 12.0. The van der Waals surface area contributed by atoms with Crippen molar-refractivity contribution in [2.45, 2.75) is 13.0 Å². The van der Waals surface area contributed by atoms with E-state index in [1.54, 1.807) is 29.2 Å². The summed E-state index contributed by atoms with van der Waals surface area (Å²) in [4.78, 5) is 15.1. The van der Waals surface area contributed by atoms with E-state index in [0.29, 0.717) is 10.6 Å². The first kappa shape index (κ1) is 15.3. The largest absolute Gasteiger partial charge is 0.453 e. The maximum Gasteiger partial charge on any atom is 0.340 e. The molecule has 1 saturated heterocycles. The average Bonchev–Trinajstić information content (AvgIpc) is 2.41. The molecule has 0 radical (unpaired) electrons. The van der Waals surface area contributed by atoms with Gasteiger partial charge in [0.15, 0.2) is 0 Å². The van der Waals surface area contributed by atoms with Crippen LogP contribution < -0.4 is 9.80 Å². The van der Waals surface area contributed by atoms with Crippen molar-refractivity contribution in [3.63, 3.8) is 0 Å². The molecule has 0 saturated carbocycles. The Morgan fingerprint density at radius 2 is 1.95 bits per heavy atom. The van der Waals surface area contributed by atoms with Crippen molar-refractivity contribution in [3.05, 3.63) is 34.9 Å². The number of likely N-dealkylation sites (N-methyl/N-ethyl adjacent to an activating group) is 1. The van der Waals surface area contributed by atoms with Gasteiger partial charge in [0, 0.05) is 0 Å². The molecule has 4 nitrogen and oxygen atoms in total. The topological polar surface area (TPSA) is 35.2 Å². The van der Waals surface area contributed by atoms with Crippen LogP contribution in [0.3, 0.4) is 0 Å². The second-order valence-corrected chi connectivity index (χ2v) is 6.01. The van der Waals surface area contributed by atoms with Gasteiger partial charge in [-0.25, -0.2) is 4.79 Å². The molecule has 1 aromatic carbocycles. The van der Waals surface area contributed by atoms with E-state index < -0.39 is 0 Å². The molecule has 1 fully saturated rings. The highest BCUT2D eigenvalue weighted by Gasteiger charge is 2.24. The van der Waals surface area contributed by atoms with Crippen molar-refractivity contribution in [3.8, 4) is 0 Å². The SMILES string of the molecule is C[C@@H](C[NH+]1CC[NH+](C)CC1)OC(=O)c1ccccc1Cl. The molecule has 1 aliphatic rings. The van der Waals surface area contributed by atoms with Crippen LogP contribution in [0.1, 0.15) is 17.3 Å². The third-order valence-electron chi connectivity index (χ3n) is 3.79. The van der Waals surface area contributed by atoms with Crippen LogP contribution in [-0.2, 0) is 4.74 Å². The highest BCUT2D eigenvalue weighted by atomic mass is 35.5. The molecule has 2 rings (SSSR count). The van der Waals surface area contributed by atoms with Crippen LogP contribution in [0, 0.1) is 0 Å². The number of quaternary nitrogens is 2. The van der Waals surface area contributed by atoms with Crippen LogP contribution in [0.4, 0.5) is 0 Å². The van der Waals surface area contributed by atoms with E-state index in [-0.39, 0.29) is 12.1 Å². The molecule has 0 aromatic heterocycles. The summed E-state index contributed by atoms with van der Waals surface area (Å²) in [5, 5.41) is 0.445. The Hall–Kier alpha value is -1.10. The summed E-state index contributed by atoms with van der Waals surface area (Å²) >= 11 is 6.00. The molecule has 110 valence electrons. The van der Waals surface area contributed by atoms with Gasteiger partial charge in [-0.2, -0.15) is 0 Å². The number of benzene rings is 1. The normalized spacial score (nSPS) is 24.1. The second kappa shape index (κ2) is 7.07. The zero-order valence-corrected chi connectivity index (χ0v) is 12.9. The lowest BCUT2D eigenvalue weighted by Gasteiger charge is -2.28. The Balaban J connectivity index is 1.84. The monoisotopic (exact) mass is 298 g/mol. The molecule has 20 heavy (non-hydrogen) atoms. The van der Waals surface area contributed by atoms with E-state index >= 15 is 0 Å². The average molecular weight is 299 g/mol. The fraction of sp³-hybridized carbons (Fsp3) is 0.533. The highest BCUT2D eigenvalue weighted by Crippen LogP contribution is 2.16. The first-order valence-corrected chi connectivity index (χ1v) is 7.54. The lowest BCUT2D eigenvalue weighted by Crippen LogP contribution is -3.27. The summed E-state index contributed by atoms with van der Waals surface area (Å²) in [5.41, 5.74) is 0.443. The molecule has 0 spiro atoms. The van der Waals surface area contributed by atoms with Gasteiger partial charge < -0.3 is 14.5 Å². The Morgan fingerprint density at radius 3 is 2.60 bits per heavy atom. The van der Waals surface area contributed by atoms with Crippen molar-refractivity contribution in [1.82, 2.24) is 0 Å². The van der Waals surface area contributed by atoms with Gasteiger partial charge in [0.05, 0.1) is 17.6 Å². The highest BCUT2D eigenvalue weighted by molar-refractivity contribution is 6.33. The van der Waals surface area contributed by atoms with Crippen LogP contribution in [0.15, 0.2) is 24.3 Å². The van der Waals surface area contributed by atoms with Crippen LogP contribution in [0.25, 0.3) is 0 Å². The summed E-state index contributed by atoms with van der Waals surface area (Å²) in [6.45, 7) is 7.46. The minimum Gasteiger partial charge on any atom is -0.453 e. The molecule has 0 aliphatic carbocycles. The third kappa shape index (κ3) is 4.20. The van der Waals surface area contributed by atoms with Crippen molar-refractivity contribution >= 4 is 17.6 Å². The standard InChI is InChI=1S/C15H21ClN2O2/c1-12(11-18-9-7-17(2)8-10-18)20-15(19)13-5-3-4-6-14(13)16/h3-6,12H,7-11H2,1-2H3/p+2/t12-/m0/s1. The third-order valence-corrected chi connectivity index (χ3v) is 4.12. The van der Waals surface area contributed by atoms with Crippen LogP contribution in [0.5, 0.6) is 0 Å². The molecule has 5 heteroatoms. The number of piperazine rings is 1. The predicted octanol–water partition coefficient (Wildman–Crippen LogP) is -0.701. The fourth-order valence-electron chi connectivity index (χ4n) is 2.56. The number of halogens is 1. The second-order valence-electron chi connectivity index (χ2n) is 5.61. The Morgan fingerprint density at radius 1 is 1.30 bits per heavy atom. The van der Waals surface area contributed by atoms with E-state index in [1.165, 1.54) is 18.0 Å². The number of hydrogen-bond donors (Lipinski definition) is 2. The molecule has 0 amide bonds. The summed E-state index contributed by atoms with van der Waals surface area (Å²) in [6.07, 6.45) is -0.0906. The van der Waals surface area contributed by atoms with Gasteiger partial charge in [-0.05, 0) is 19.1 Å².